The summed E-state index contributed by atoms with van der Waals surface area (Å²) in [6.07, 6.45) is 8.99. The maximum absolute atomic E-state index is 5.79. The summed E-state index contributed by atoms with van der Waals surface area (Å²) in [5, 5.41) is 6.76. The first-order valence-electron chi connectivity index (χ1n) is 9.91. The van der Waals surface area contributed by atoms with E-state index in [1.54, 1.807) is 18.6 Å². The summed E-state index contributed by atoms with van der Waals surface area (Å²) >= 11 is 0. The molecule has 0 radical (unpaired) electrons. The van der Waals surface area contributed by atoms with E-state index < -0.39 is 0 Å². The van der Waals surface area contributed by atoms with Gasteiger partial charge in [0.2, 0.25) is 0 Å². The van der Waals surface area contributed by atoms with E-state index in [9.17, 15) is 0 Å². The summed E-state index contributed by atoms with van der Waals surface area (Å²) in [4.78, 5) is 6.67. The lowest BCUT2D eigenvalue weighted by Gasteiger charge is -2.27. The van der Waals surface area contributed by atoms with Crippen molar-refractivity contribution in [3.05, 3.63) is 84.0 Å². The third kappa shape index (κ3) is 6.02. The van der Waals surface area contributed by atoms with Gasteiger partial charge in [-0.15, -0.1) is 0 Å². The smallest absolute Gasteiger partial charge is 0.0387 e. The summed E-state index contributed by atoms with van der Waals surface area (Å²) in [7, 11) is 0. The molecule has 0 unspecified atom stereocenters. The van der Waals surface area contributed by atoms with Crippen LogP contribution >= 0.6 is 0 Å². The molecule has 1 saturated heterocycles. The van der Waals surface area contributed by atoms with Crippen LogP contribution in [-0.2, 0) is 6.54 Å². The first-order valence-corrected chi connectivity index (χ1v) is 9.91. The van der Waals surface area contributed by atoms with Crippen LogP contribution in [0.2, 0.25) is 0 Å². The molecule has 0 spiro atoms. The molecule has 1 fully saturated rings. The number of hydrogen-bond donors (Lipinski definition) is 4. The minimum absolute atomic E-state index is 0.375. The Labute approximate surface area is 173 Å². The summed E-state index contributed by atoms with van der Waals surface area (Å²) < 4.78 is 0. The molecule has 0 bridgehead atoms. The highest BCUT2D eigenvalue weighted by Gasteiger charge is 2.10. The number of pyridine rings is 1. The molecule has 1 aliphatic heterocycles. The van der Waals surface area contributed by atoms with Gasteiger partial charge in [0.1, 0.15) is 0 Å². The monoisotopic (exact) mass is 390 g/mol. The van der Waals surface area contributed by atoms with Crippen molar-refractivity contribution in [1.29, 1.82) is 0 Å². The predicted molar refractivity (Wildman–Crippen MR) is 122 cm³/mol. The SMILES string of the molecule is C=C(/C=C/c1cnccc1/C(=C/N)CN)Nc1cccc(CN2CCNCC2)c1. The number of benzene rings is 1. The normalized spacial score (nSPS) is 15.6. The van der Waals surface area contributed by atoms with Crippen molar-refractivity contribution in [1.82, 2.24) is 15.2 Å². The Morgan fingerprint density at radius 2 is 2.10 bits per heavy atom. The number of nitrogens with one attached hydrogen (secondary N) is 2. The highest BCUT2D eigenvalue weighted by Crippen LogP contribution is 2.19. The average Bonchev–Trinajstić information content (AvgIpc) is 2.75. The molecule has 1 aromatic heterocycles. The Bertz CT molecular complexity index is 880. The van der Waals surface area contributed by atoms with Gasteiger partial charge in [0.25, 0.3) is 0 Å². The lowest BCUT2D eigenvalue weighted by atomic mass is 10.0. The van der Waals surface area contributed by atoms with E-state index in [1.807, 2.05) is 18.2 Å². The Balaban J connectivity index is 1.65. The van der Waals surface area contributed by atoms with E-state index in [1.165, 1.54) is 5.56 Å². The molecule has 0 aliphatic carbocycles. The zero-order valence-electron chi connectivity index (χ0n) is 16.8. The van der Waals surface area contributed by atoms with Crippen molar-refractivity contribution in [2.24, 2.45) is 11.5 Å². The fraction of sp³-hybridized carbons (Fsp3) is 0.261. The molecule has 152 valence electrons. The summed E-state index contributed by atoms with van der Waals surface area (Å²) in [5.74, 6) is 0. The van der Waals surface area contributed by atoms with E-state index in [2.05, 4.69) is 51.4 Å². The van der Waals surface area contributed by atoms with Crippen LogP contribution in [0, 0.1) is 0 Å². The summed E-state index contributed by atoms with van der Waals surface area (Å²) in [5.41, 5.74) is 17.4. The maximum atomic E-state index is 5.79. The van der Waals surface area contributed by atoms with Crippen molar-refractivity contribution in [2.45, 2.75) is 6.54 Å². The van der Waals surface area contributed by atoms with Crippen LogP contribution in [0.15, 0.2) is 67.3 Å². The highest BCUT2D eigenvalue weighted by molar-refractivity contribution is 5.75. The van der Waals surface area contributed by atoms with Crippen molar-refractivity contribution in [3.8, 4) is 0 Å². The topological polar surface area (TPSA) is 92.2 Å². The molecule has 6 nitrogen and oxygen atoms in total. The fourth-order valence-electron chi connectivity index (χ4n) is 3.39. The van der Waals surface area contributed by atoms with Crippen LogP contribution in [0.3, 0.4) is 0 Å². The van der Waals surface area contributed by atoms with Gasteiger partial charge < -0.3 is 22.1 Å². The fourth-order valence-corrected chi connectivity index (χ4v) is 3.39. The number of aromatic nitrogens is 1. The van der Waals surface area contributed by atoms with Crippen molar-refractivity contribution in [3.63, 3.8) is 0 Å². The van der Waals surface area contributed by atoms with Crippen LogP contribution in [-0.4, -0.2) is 42.6 Å². The van der Waals surface area contributed by atoms with Gasteiger partial charge in [-0.2, -0.15) is 0 Å². The minimum atomic E-state index is 0.375. The molecule has 1 aromatic carbocycles. The summed E-state index contributed by atoms with van der Waals surface area (Å²) in [6, 6.07) is 10.4. The van der Waals surface area contributed by atoms with E-state index in [-0.39, 0.29) is 0 Å². The van der Waals surface area contributed by atoms with Crippen molar-refractivity contribution >= 4 is 17.3 Å². The second-order valence-corrected chi connectivity index (χ2v) is 7.07. The lowest BCUT2D eigenvalue weighted by molar-refractivity contribution is 0.233. The van der Waals surface area contributed by atoms with Crippen LogP contribution in [0.1, 0.15) is 16.7 Å². The molecule has 0 amide bonds. The van der Waals surface area contributed by atoms with Crippen LogP contribution in [0.5, 0.6) is 0 Å². The number of hydrogen-bond acceptors (Lipinski definition) is 6. The Morgan fingerprint density at radius 3 is 2.86 bits per heavy atom. The Hall–Kier alpha value is -2.93. The first-order chi connectivity index (χ1) is 14.2. The quantitative estimate of drug-likeness (QED) is 0.517. The zero-order chi connectivity index (χ0) is 20.5. The number of piperazine rings is 1. The average molecular weight is 391 g/mol. The molecular weight excluding hydrogens is 360 g/mol. The highest BCUT2D eigenvalue weighted by atomic mass is 15.2. The first kappa shape index (κ1) is 20.8. The molecule has 0 atom stereocenters. The van der Waals surface area contributed by atoms with Crippen LogP contribution in [0.4, 0.5) is 5.69 Å². The Morgan fingerprint density at radius 1 is 1.28 bits per heavy atom. The molecule has 0 saturated carbocycles. The molecule has 2 aromatic rings. The van der Waals surface area contributed by atoms with Gasteiger partial charge in [-0.3, -0.25) is 9.88 Å². The number of anilines is 1. The molecular formula is C23H30N6. The third-order valence-corrected chi connectivity index (χ3v) is 4.93. The van der Waals surface area contributed by atoms with Crippen LogP contribution < -0.4 is 22.1 Å². The van der Waals surface area contributed by atoms with Gasteiger partial charge in [0.05, 0.1) is 0 Å². The molecule has 1 aliphatic rings. The summed E-state index contributed by atoms with van der Waals surface area (Å²) in [6.45, 7) is 9.75. The Kier molecular flexibility index (Phi) is 7.58. The third-order valence-electron chi connectivity index (χ3n) is 4.93. The zero-order valence-corrected chi connectivity index (χ0v) is 16.8. The molecule has 29 heavy (non-hydrogen) atoms. The number of nitrogens with two attached hydrogens (primary N) is 2. The second-order valence-electron chi connectivity index (χ2n) is 7.07. The van der Waals surface area contributed by atoms with Crippen molar-refractivity contribution < 1.29 is 0 Å². The number of rotatable bonds is 8. The second kappa shape index (κ2) is 10.6. The van der Waals surface area contributed by atoms with Gasteiger partial charge in [-0.05, 0) is 47.2 Å². The van der Waals surface area contributed by atoms with Gasteiger partial charge >= 0.3 is 0 Å². The van der Waals surface area contributed by atoms with Gasteiger partial charge in [0.15, 0.2) is 0 Å². The van der Waals surface area contributed by atoms with E-state index >= 15 is 0 Å². The number of nitrogens with zero attached hydrogens (tertiary/aromatic N) is 2. The van der Waals surface area contributed by atoms with Gasteiger partial charge in [0, 0.05) is 68.6 Å². The predicted octanol–water partition coefficient (Wildman–Crippen LogP) is 2.38. The van der Waals surface area contributed by atoms with Crippen LogP contribution in [0.25, 0.3) is 11.6 Å². The minimum Gasteiger partial charge on any atom is -0.404 e. The molecule has 6 N–H and O–H groups in total. The van der Waals surface area contributed by atoms with Gasteiger partial charge in [-0.1, -0.05) is 24.8 Å². The van der Waals surface area contributed by atoms with Gasteiger partial charge in [-0.25, -0.2) is 0 Å². The van der Waals surface area contributed by atoms with E-state index in [0.29, 0.717) is 6.54 Å². The maximum Gasteiger partial charge on any atom is 0.0387 e. The standard InChI is InChI=1S/C23H30N6/c1-18(5-6-20-16-27-8-7-23(20)21(14-24)15-25)28-22-4-2-3-19(13-22)17-29-11-9-26-10-12-29/h2-8,13-14,16,26,28H,1,9-12,15,17,24-25H2/b6-5+,21-14+. The van der Waals surface area contributed by atoms with E-state index in [0.717, 1.165) is 60.8 Å². The molecule has 2 heterocycles. The lowest BCUT2D eigenvalue weighted by Crippen LogP contribution is -2.42. The van der Waals surface area contributed by atoms with E-state index in [4.69, 9.17) is 11.5 Å². The van der Waals surface area contributed by atoms with Crippen molar-refractivity contribution in [2.75, 3.05) is 38.0 Å². The molecule has 3 rings (SSSR count). The largest absolute Gasteiger partial charge is 0.404 e. The number of allylic oxidation sites excluding steroid dienone is 1. The molecule has 6 heteroatoms.